The van der Waals surface area contributed by atoms with Gasteiger partial charge in [-0.1, -0.05) is 59.2 Å². The predicted octanol–water partition coefficient (Wildman–Crippen LogP) is 6.84. The van der Waals surface area contributed by atoms with Gasteiger partial charge in [-0.15, -0.1) is 0 Å². The zero-order valence-corrected chi connectivity index (χ0v) is 21.1. The average molecular weight is 509 g/mol. The molecular formula is C28H29ClN2O5. The van der Waals surface area contributed by atoms with Crippen LogP contribution in [0.4, 0.5) is 10.5 Å². The summed E-state index contributed by atoms with van der Waals surface area (Å²) in [5.41, 5.74) is 4.92. The van der Waals surface area contributed by atoms with Crippen LogP contribution in [0.2, 0.25) is 5.02 Å². The fourth-order valence-corrected chi connectivity index (χ4v) is 4.47. The first-order valence-electron chi connectivity index (χ1n) is 12.1. The van der Waals surface area contributed by atoms with Crippen LogP contribution < -0.4 is 5.32 Å². The normalized spacial score (nSPS) is 15.2. The topological polar surface area (TPSA) is 90.7 Å². The summed E-state index contributed by atoms with van der Waals surface area (Å²) in [4.78, 5) is 24.5. The van der Waals surface area contributed by atoms with Crippen molar-refractivity contribution < 1.29 is 23.6 Å². The molecule has 36 heavy (non-hydrogen) atoms. The first-order valence-corrected chi connectivity index (χ1v) is 12.4. The Labute approximate surface area is 215 Å². The van der Waals surface area contributed by atoms with Crippen molar-refractivity contribution in [2.45, 2.75) is 39.5 Å². The van der Waals surface area contributed by atoms with Gasteiger partial charge in [0.15, 0.2) is 5.76 Å². The van der Waals surface area contributed by atoms with Crippen LogP contribution in [0, 0.1) is 12.8 Å². The van der Waals surface area contributed by atoms with Crippen LogP contribution in [-0.2, 0) is 20.7 Å². The zero-order chi connectivity index (χ0) is 25.5. The molecule has 7 nitrogen and oxygen atoms in total. The lowest BCUT2D eigenvalue weighted by Crippen LogP contribution is -2.19. The number of nitrogens with zero attached hydrogens (tertiary/aromatic N) is 1. The number of nitrogens with one attached hydrogen (secondary N) is 1. The van der Waals surface area contributed by atoms with E-state index in [0.717, 1.165) is 29.5 Å². The molecule has 0 radical (unpaired) electrons. The highest BCUT2D eigenvalue weighted by Crippen LogP contribution is 2.35. The molecule has 2 aromatic carbocycles. The third-order valence-corrected chi connectivity index (χ3v) is 6.55. The van der Waals surface area contributed by atoms with E-state index in [1.807, 2.05) is 49.4 Å². The van der Waals surface area contributed by atoms with E-state index >= 15 is 0 Å². The number of amides is 1. The van der Waals surface area contributed by atoms with Gasteiger partial charge in [0.25, 0.3) is 0 Å². The van der Waals surface area contributed by atoms with Crippen molar-refractivity contribution in [2.75, 3.05) is 18.5 Å². The van der Waals surface area contributed by atoms with E-state index in [2.05, 4.69) is 16.5 Å². The number of allylic oxidation sites excluding steroid dienone is 2. The summed E-state index contributed by atoms with van der Waals surface area (Å²) in [7, 11) is 0. The summed E-state index contributed by atoms with van der Waals surface area (Å²) < 4.78 is 16.1. The number of hydrogen-bond acceptors (Lipinski definition) is 6. The monoisotopic (exact) mass is 508 g/mol. The van der Waals surface area contributed by atoms with Gasteiger partial charge in [0.05, 0.1) is 19.1 Å². The molecule has 1 aliphatic rings. The third kappa shape index (κ3) is 6.15. The van der Waals surface area contributed by atoms with Crippen LogP contribution in [0.15, 0.2) is 59.1 Å². The fourth-order valence-electron chi connectivity index (χ4n) is 4.24. The largest absolute Gasteiger partial charge is 0.466 e. The van der Waals surface area contributed by atoms with E-state index in [9.17, 15) is 9.59 Å². The van der Waals surface area contributed by atoms with Gasteiger partial charge in [0.2, 0.25) is 0 Å². The van der Waals surface area contributed by atoms with Gasteiger partial charge in [-0.3, -0.25) is 10.1 Å². The minimum atomic E-state index is -0.592. The van der Waals surface area contributed by atoms with Gasteiger partial charge < -0.3 is 14.0 Å². The fraction of sp³-hybridized carbons (Fsp3) is 0.321. The molecule has 0 spiro atoms. The van der Waals surface area contributed by atoms with Crippen molar-refractivity contribution in [1.29, 1.82) is 0 Å². The Morgan fingerprint density at radius 1 is 1.14 bits per heavy atom. The molecule has 0 aliphatic heterocycles. The molecule has 4 rings (SSSR count). The molecule has 3 aromatic rings. The van der Waals surface area contributed by atoms with Crippen molar-refractivity contribution >= 4 is 34.9 Å². The molecule has 1 atom stereocenters. The van der Waals surface area contributed by atoms with Crippen LogP contribution in [0.1, 0.15) is 43.0 Å². The predicted molar refractivity (Wildman–Crippen MR) is 139 cm³/mol. The summed E-state index contributed by atoms with van der Waals surface area (Å²) in [6, 6.07) is 15.3. The van der Waals surface area contributed by atoms with E-state index in [1.165, 1.54) is 5.57 Å². The number of aryl methyl sites for hydroxylation is 1. The first kappa shape index (κ1) is 25.5. The first-order chi connectivity index (χ1) is 17.5. The smallest absolute Gasteiger partial charge is 0.411 e. The standard InChI is InChI=1S/C28H29ClN2O5/c1-3-34-27(32)21-13-11-19(12-14-21)22-8-6-9-23(17-22)26-25(18(2)31-36-26)30-28(33)35-16-15-20-7-4-5-10-24(20)29/h4-11,17,21H,3,12-16H2,1-2H3,(H,30,33). The van der Waals surface area contributed by atoms with E-state index in [4.69, 9.17) is 25.6 Å². The number of aromatic nitrogens is 1. The molecule has 1 aliphatic carbocycles. The molecule has 1 heterocycles. The SMILES string of the molecule is CCOC(=O)C1CC=C(c2cccc(-c3onc(C)c3NC(=O)OCCc3ccccc3Cl)c2)CC1. The number of ether oxygens (including phenoxy) is 2. The van der Waals surface area contributed by atoms with Crippen LogP contribution in [0.3, 0.4) is 0 Å². The minimum absolute atomic E-state index is 0.0893. The third-order valence-electron chi connectivity index (χ3n) is 6.18. The molecule has 1 N–H and O–H groups in total. The second-order valence-electron chi connectivity index (χ2n) is 8.61. The second kappa shape index (κ2) is 11.9. The molecule has 0 bridgehead atoms. The maximum Gasteiger partial charge on any atom is 0.411 e. The lowest BCUT2D eigenvalue weighted by molar-refractivity contribution is -0.148. The maximum atomic E-state index is 12.5. The summed E-state index contributed by atoms with van der Waals surface area (Å²) >= 11 is 6.17. The number of hydrogen-bond donors (Lipinski definition) is 1. The van der Waals surface area contributed by atoms with Crippen LogP contribution in [0.5, 0.6) is 0 Å². The number of rotatable bonds is 8. The highest BCUT2D eigenvalue weighted by Gasteiger charge is 2.24. The van der Waals surface area contributed by atoms with Crippen molar-refractivity contribution in [3.63, 3.8) is 0 Å². The van der Waals surface area contributed by atoms with Gasteiger partial charge in [-0.2, -0.15) is 0 Å². The number of anilines is 1. The summed E-state index contributed by atoms with van der Waals surface area (Å²) in [6.45, 7) is 4.17. The summed E-state index contributed by atoms with van der Waals surface area (Å²) in [5.74, 6) is 0.236. The Morgan fingerprint density at radius 3 is 2.69 bits per heavy atom. The quantitative estimate of drug-likeness (QED) is 0.335. The lowest BCUT2D eigenvalue weighted by Gasteiger charge is -2.21. The van der Waals surface area contributed by atoms with E-state index in [1.54, 1.807) is 13.0 Å². The molecule has 1 aromatic heterocycles. The van der Waals surface area contributed by atoms with Gasteiger partial charge in [-0.25, -0.2) is 4.79 Å². The summed E-state index contributed by atoms with van der Waals surface area (Å²) in [5, 5.41) is 7.46. The highest BCUT2D eigenvalue weighted by molar-refractivity contribution is 6.31. The molecule has 0 fully saturated rings. The Hall–Kier alpha value is -3.58. The highest BCUT2D eigenvalue weighted by atomic mass is 35.5. The molecule has 0 saturated heterocycles. The number of benzene rings is 2. The van der Waals surface area contributed by atoms with E-state index < -0.39 is 6.09 Å². The van der Waals surface area contributed by atoms with Crippen molar-refractivity contribution in [1.82, 2.24) is 5.16 Å². The number of esters is 1. The molecule has 0 saturated carbocycles. The molecule has 8 heteroatoms. The Morgan fingerprint density at radius 2 is 1.94 bits per heavy atom. The Bertz CT molecular complexity index is 1270. The van der Waals surface area contributed by atoms with Crippen molar-refractivity contribution in [3.8, 4) is 11.3 Å². The molecule has 188 valence electrons. The van der Waals surface area contributed by atoms with Gasteiger partial charge in [0.1, 0.15) is 11.4 Å². The number of halogens is 1. The van der Waals surface area contributed by atoms with Crippen LogP contribution in [0.25, 0.3) is 16.9 Å². The van der Waals surface area contributed by atoms with Crippen molar-refractivity contribution in [2.24, 2.45) is 5.92 Å². The van der Waals surface area contributed by atoms with Gasteiger partial charge >= 0.3 is 12.1 Å². The van der Waals surface area contributed by atoms with E-state index in [-0.39, 0.29) is 18.5 Å². The Kier molecular flexibility index (Phi) is 8.44. The van der Waals surface area contributed by atoms with E-state index in [0.29, 0.717) is 41.6 Å². The van der Waals surface area contributed by atoms with Crippen molar-refractivity contribution in [3.05, 3.63) is 76.5 Å². The number of carbonyl (C=O) groups is 2. The molecule has 1 amide bonds. The molecule has 1 unspecified atom stereocenters. The van der Waals surface area contributed by atoms with Crippen LogP contribution in [-0.4, -0.2) is 30.4 Å². The zero-order valence-electron chi connectivity index (χ0n) is 20.4. The second-order valence-corrected chi connectivity index (χ2v) is 9.02. The number of carbonyl (C=O) groups excluding carboxylic acids is 2. The average Bonchev–Trinajstić information content (AvgIpc) is 3.25. The molecular weight excluding hydrogens is 480 g/mol. The van der Waals surface area contributed by atoms with Crippen LogP contribution >= 0.6 is 11.6 Å². The Balaban J connectivity index is 1.42. The minimum Gasteiger partial charge on any atom is -0.466 e. The summed E-state index contributed by atoms with van der Waals surface area (Å²) in [6.07, 6.45) is 4.22. The maximum absolute atomic E-state index is 12.5. The van der Waals surface area contributed by atoms with Gasteiger partial charge in [-0.05, 0) is 61.9 Å². The lowest BCUT2D eigenvalue weighted by atomic mass is 9.86. The van der Waals surface area contributed by atoms with Gasteiger partial charge in [0, 0.05) is 17.0 Å².